The Labute approximate surface area is 187 Å². The zero-order valence-corrected chi connectivity index (χ0v) is 18.6. The molecule has 2 aliphatic rings. The van der Waals surface area contributed by atoms with Crippen LogP contribution in [0.2, 0.25) is 10.0 Å². The number of hydrogen-bond donors (Lipinski definition) is 1. The Morgan fingerprint density at radius 2 is 1.60 bits per heavy atom. The topological polar surface area (TPSA) is 47.0 Å². The van der Waals surface area contributed by atoms with E-state index < -0.39 is 6.10 Å². The summed E-state index contributed by atoms with van der Waals surface area (Å²) in [7, 11) is 0. The number of halogens is 2. The number of aliphatic hydroxyl groups excluding tert-OH is 1. The summed E-state index contributed by atoms with van der Waals surface area (Å²) in [5.41, 5.74) is 1.86. The van der Waals surface area contributed by atoms with Crippen LogP contribution in [0.3, 0.4) is 0 Å². The molecule has 0 spiro atoms. The summed E-state index contributed by atoms with van der Waals surface area (Å²) in [5, 5.41) is 12.1. The molecule has 160 valence electrons. The predicted molar refractivity (Wildman–Crippen MR) is 120 cm³/mol. The second-order valence-corrected chi connectivity index (χ2v) is 9.17. The number of amides is 1. The van der Waals surface area contributed by atoms with Crippen molar-refractivity contribution >= 4 is 29.1 Å². The van der Waals surface area contributed by atoms with Gasteiger partial charge < -0.3 is 10.0 Å². The molecule has 0 radical (unpaired) electrons. The van der Waals surface area contributed by atoms with Crippen LogP contribution in [0, 0.1) is 0 Å². The first-order valence-corrected chi connectivity index (χ1v) is 11.1. The molecule has 30 heavy (non-hydrogen) atoms. The van der Waals surface area contributed by atoms with E-state index in [2.05, 4.69) is 28.9 Å². The number of carbonyl (C=O) groups is 1. The van der Waals surface area contributed by atoms with Gasteiger partial charge in [-0.3, -0.25) is 14.6 Å². The Balaban J connectivity index is 1.35. The van der Waals surface area contributed by atoms with Gasteiger partial charge in [0, 0.05) is 60.9 Å². The van der Waals surface area contributed by atoms with Crippen molar-refractivity contribution < 1.29 is 9.90 Å². The molecule has 3 atom stereocenters. The van der Waals surface area contributed by atoms with E-state index in [4.69, 9.17) is 23.2 Å². The van der Waals surface area contributed by atoms with E-state index in [1.807, 2.05) is 12.1 Å². The van der Waals surface area contributed by atoms with E-state index in [0.29, 0.717) is 29.7 Å². The Morgan fingerprint density at radius 1 is 0.967 bits per heavy atom. The summed E-state index contributed by atoms with van der Waals surface area (Å²) in [6.07, 6.45) is -0.536. The van der Waals surface area contributed by atoms with Crippen molar-refractivity contribution in [3.8, 4) is 0 Å². The average Bonchev–Trinajstić information content (AvgIpc) is 3.11. The molecule has 2 aromatic carbocycles. The largest absolute Gasteiger partial charge is 0.390 e. The van der Waals surface area contributed by atoms with E-state index in [0.717, 1.165) is 31.2 Å². The summed E-state index contributed by atoms with van der Waals surface area (Å²) >= 11 is 11.9. The number of likely N-dealkylation sites (tertiary alicyclic amines) is 1. The molecule has 1 N–H and O–H groups in total. The van der Waals surface area contributed by atoms with E-state index >= 15 is 0 Å². The van der Waals surface area contributed by atoms with Gasteiger partial charge in [-0.25, -0.2) is 0 Å². The summed E-state index contributed by atoms with van der Waals surface area (Å²) in [5.74, 6) is -0.0535. The number of hydrogen-bond acceptors (Lipinski definition) is 4. The molecule has 0 aromatic heterocycles. The SMILES string of the molecule is C[C@H]1CN(Cc2ccc(Cl)cc2)CCN1C1CN(C(=O)c2ccc(Cl)cc2)C[C@H]1O. The van der Waals surface area contributed by atoms with Crippen LogP contribution in [0.1, 0.15) is 22.8 Å². The zero-order chi connectivity index (χ0) is 21.3. The first kappa shape index (κ1) is 21.6. The van der Waals surface area contributed by atoms with Crippen LogP contribution in [-0.4, -0.2) is 76.6 Å². The van der Waals surface area contributed by atoms with Crippen LogP contribution in [0.4, 0.5) is 0 Å². The van der Waals surface area contributed by atoms with Crippen LogP contribution in [0.5, 0.6) is 0 Å². The second kappa shape index (κ2) is 9.25. The third-order valence-electron chi connectivity index (χ3n) is 6.15. The lowest BCUT2D eigenvalue weighted by molar-refractivity contribution is 0.00866. The van der Waals surface area contributed by atoms with Gasteiger partial charge in [0.2, 0.25) is 0 Å². The van der Waals surface area contributed by atoms with Crippen LogP contribution >= 0.6 is 23.2 Å². The van der Waals surface area contributed by atoms with E-state index in [-0.39, 0.29) is 11.9 Å². The summed E-state index contributed by atoms with van der Waals surface area (Å²) in [6, 6.07) is 15.2. The van der Waals surface area contributed by atoms with E-state index in [9.17, 15) is 9.90 Å². The van der Waals surface area contributed by atoms with Crippen LogP contribution in [0.25, 0.3) is 0 Å². The van der Waals surface area contributed by atoms with Gasteiger partial charge in [0.1, 0.15) is 0 Å². The van der Waals surface area contributed by atoms with Crippen molar-refractivity contribution in [1.82, 2.24) is 14.7 Å². The lowest BCUT2D eigenvalue weighted by Crippen LogP contribution is -2.58. The highest BCUT2D eigenvalue weighted by molar-refractivity contribution is 6.30. The Kier molecular flexibility index (Phi) is 6.66. The molecule has 5 nitrogen and oxygen atoms in total. The van der Waals surface area contributed by atoms with Gasteiger partial charge in [-0.1, -0.05) is 35.3 Å². The van der Waals surface area contributed by atoms with Crippen molar-refractivity contribution in [2.24, 2.45) is 0 Å². The minimum atomic E-state index is -0.536. The number of rotatable bonds is 4. The fourth-order valence-corrected chi connectivity index (χ4v) is 4.82. The fraction of sp³-hybridized carbons (Fsp3) is 0.435. The molecule has 1 unspecified atom stereocenters. The number of nitrogens with zero attached hydrogens (tertiary/aromatic N) is 3. The first-order chi connectivity index (χ1) is 14.4. The third-order valence-corrected chi connectivity index (χ3v) is 6.65. The smallest absolute Gasteiger partial charge is 0.253 e. The lowest BCUT2D eigenvalue weighted by atomic mass is 10.1. The minimum absolute atomic E-state index is 0.0334. The third kappa shape index (κ3) is 4.82. The Morgan fingerprint density at radius 3 is 2.23 bits per heavy atom. The maximum atomic E-state index is 12.8. The maximum absolute atomic E-state index is 12.8. The summed E-state index contributed by atoms with van der Waals surface area (Å²) in [6.45, 7) is 6.74. The van der Waals surface area contributed by atoms with Gasteiger partial charge in [-0.15, -0.1) is 0 Å². The molecular weight excluding hydrogens is 421 g/mol. The fourth-order valence-electron chi connectivity index (χ4n) is 4.57. The highest BCUT2D eigenvalue weighted by Crippen LogP contribution is 2.24. The average molecular weight is 448 g/mol. The number of carbonyl (C=O) groups excluding carboxylic acids is 1. The molecule has 2 saturated heterocycles. The van der Waals surface area contributed by atoms with Gasteiger partial charge in [0.15, 0.2) is 0 Å². The lowest BCUT2D eigenvalue weighted by Gasteiger charge is -2.43. The molecule has 2 heterocycles. The van der Waals surface area contributed by atoms with Crippen molar-refractivity contribution in [3.05, 3.63) is 69.7 Å². The monoisotopic (exact) mass is 447 g/mol. The molecule has 0 aliphatic carbocycles. The van der Waals surface area contributed by atoms with Crippen molar-refractivity contribution in [1.29, 1.82) is 0 Å². The standard InChI is InChI=1S/C23H27Cl2N3O2/c1-16-12-26(13-17-2-6-19(24)7-3-17)10-11-28(16)21-14-27(15-22(21)29)23(30)18-4-8-20(25)9-5-18/h2-9,16,21-22,29H,10-15H2,1H3/t16-,21?,22+/m0/s1. The number of aliphatic hydroxyl groups is 1. The molecule has 1 amide bonds. The van der Waals surface area contributed by atoms with Crippen molar-refractivity contribution in [3.63, 3.8) is 0 Å². The Hall–Kier alpha value is -1.63. The van der Waals surface area contributed by atoms with Gasteiger partial charge in [0.05, 0.1) is 12.1 Å². The summed E-state index contributed by atoms with van der Waals surface area (Å²) < 4.78 is 0. The zero-order valence-electron chi connectivity index (χ0n) is 17.0. The number of β-amino-alcohol motifs (C(OH)–C–C–N with tert-alkyl or cyclic N) is 1. The van der Waals surface area contributed by atoms with Crippen molar-refractivity contribution in [2.45, 2.75) is 31.7 Å². The predicted octanol–water partition coefficient (Wildman–Crippen LogP) is 3.39. The van der Waals surface area contributed by atoms with Gasteiger partial charge >= 0.3 is 0 Å². The van der Waals surface area contributed by atoms with Crippen LogP contribution < -0.4 is 0 Å². The molecular formula is C23H27Cl2N3O2. The number of piperazine rings is 1. The minimum Gasteiger partial charge on any atom is -0.390 e. The van der Waals surface area contributed by atoms with E-state index in [1.54, 1.807) is 29.2 Å². The summed E-state index contributed by atoms with van der Waals surface area (Å²) in [4.78, 5) is 19.4. The molecule has 0 bridgehead atoms. The van der Waals surface area contributed by atoms with Gasteiger partial charge in [-0.05, 0) is 48.9 Å². The van der Waals surface area contributed by atoms with Crippen LogP contribution in [-0.2, 0) is 6.54 Å². The highest BCUT2D eigenvalue weighted by atomic mass is 35.5. The van der Waals surface area contributed by atoms with Gasteiger partial charge in [0.25, 0.3) is 5.91 Å². The van der Waals surface area contributed by atoms with E-state index in [1.165, 1.54) is 5.56 Å². The molecule has 0 saturated carbocycles. The molecule has 2 aliphatic heterocycles. The van der Waals surface area contributed by atoms with Gasteiger partial charge in [-0.2, -0.15) is 0 Å². The molecule has 7 heteroatoms. The highest BCUT2D eigenvalue weighted by Gasteiger charge is 2.41. The quantitative estimate of drug-likeness (QED) is 0.779. The molecule has 2 aromatic rings. The molecule has 4 rings (SSSR count). The first-order valence-electron chi connectivity index (χ1n) is 10.4. The van der Waals surface area contributed by atoms with Crippen LogP contribution in [0.15, 0.2) is 48.5 Å². The normalized spacial score (nSPS) is 25.6. The maximum Gasteiger partial charge on any atom is 0.253 e. The Bertz CT molecular complexity index is 875. The number of benzene rings is 2. The molecule has 2 fully saturated rings. The van der Waals surface area contributed by atoms with Crippen molar-refractivity contribution in [2.75, 3.05) is 32.7 Å². The second-order valence-electron chi connectivity index (χ2n) is 8.30.